The van der Waals surface area contributed by atoms with Crippen LogP contribution in [0.15, 0.2) is 71.4 Å². The highest BCUT2D eigenvalue weighted by atomic mass is 16.1. The largest absolute Gasteiger partial charge is 0.299 e. The van der Waals surface area contributed by atoms with Crippen LogP contribution in [0.4, 0.5) is 0 Å². The standard InChI is InChI=1S/C23H26O/c1-3-22-20(12-14-23(22)19-7-5-4-6-8-19)11-13-21(24)16-18-10-9-17(2)15-18/h4-10,12,14,22H,3,11,13,15-16H2,1-2H3. The highest BCUT2D eigenvalue weighted by Gasteiger charge is 2.23. The third-order valence-corrected chi connectivity index (χ3v) is 5.04. The van der Waals surface area contributed by atoms with Crippen molar-refractivity contribution in [3.63, 3.8) is 0 Å². The van der Waals surface area contributed by atoms with Gasteiger partial charge in [-0.15, -0.1) is 0 Å². The van der Waals surface area contributed by atoms with Crippen molar-refractivity contribution in [2.75, 3.05) is 0 Å². The van der Waals surface area contributed by atoms with Crippen LogP contribution in [0, 0.1) is 5.92 Å². The highest BCUT2D eigenvalue weighted by molar-refractivity contribution is 5.82. The fourth-order valence-electron chi connectivity index (χ4n) is 3.78. The first-order chi connectivity index (χ1) is 11.7. The van der Waals surface area contributed by atoms with Crippen molar-refractivity contribution in [3.05, 3.63) is 76.9 Å². The molecule has 2 aliphatic carbocycles. The minimum atomic E-state index is 0.369. The highest BCUT2D eigenvalue weighted by Crippen LogP contribution is 2.38. The Labute approximate surface area is 145 Å². The van der Waals surface area contributed by atoms with E-state index < -0.39 is 0 Å². The van der Waals surface area contributed by atoms with E-state index in [9.17, 15) is 4.79 Å². The fraction of sp³-hybridized carbons (Fsp3) is 0.348. The number of rotatable bonds is 7. The normalized spacial score (nSPS) is 19.7. The maximum absolute atomic E-state index is 12.3. The van der Waals surface area contributed by atoms with Gasteiger partial charge < -0.3 is 0 Å². The summed E-state index contributed by atoms with van der Waals surface area (Å²) < 4.78 is 0. The number of ketones is 1. The lowest BCUT2D eigenvalue weighted by Gasteiger charge is -2.18. The molecule has 0 spiro atoms. The smallest absolute Gasteiger partial charge is 0.137 e. The molecule has 124 valence electrons. The molecule has 0 fully saturated rings. The summed E-state index contributed by atoms with van der Waals surface area (Å²) in [6.07, 6.45) is 13.0. The van der Waals surface area contributed by atoms with E-state index in [0.717, 1.165) is 19.3 Å². The monoisotopic (exact) mass is 318 g/mol. The third-order valence-electron chi connectivity index (χ3n) is 5.04. The molecular formula is C23H26O. The predicted octanol–water partition coefficient (Wildman–Crippen LogP) is 6.05. The van der Waals surface area contributed by atoms with Gasteiger partial charge in [0.1, 0.15) is 5.78 Å². The number of hydrogen-bond donors (Lipinski definition) is 0. The van der Waals surface area contributed by atoms with E-state index in [1.165, 1.54) is 27.9 Å². The van der Waals surface area contributed by atoms with Crippen molar-refractivity contribution in [1.82, 2.24) is 0 Å². The van der Waals surface area contributed by atoms with E-state index in [2.05, 4.69) is 68.5 Å². The maximum Gasteiger partial charge on any atom is 0.137 e. The molecular weight excluding hydrogens is 292 g/mol. The summed E-state index contributed by atoms with van der Waals surface area (Å²) in [5, 5.41) is 0. The summed E-state index contributed by atoms with van der Waals surface area (Å²) in [4.78, 5) is 12.3. The second-order valence-corrected chi connectivity index (χ2v) is 6.92. The Bertz CT molecular complexity index is 729. The van der Waals surface area contributed by atoms with Gasteiger partial charge in [0.15, 0.2) is 0 Å². The van der Waals surface area contributed by atoms with Gasteiger partial charge in [-0.3, -0.25) is 4.79 Å². The molecule has 0 amide bonds. The van der Waals surface area contributed by atoms with Gasteiger partial charge in [-0.05, 0) is 37.3 Å². The number of allylic oxidation sites excluding steroid dienone is 8. The zero-order chi connectivity index (χ0) is 16.9. The van der Waals surface area contributed by atoms with E-state index in [1.807, 2.05) is 0 Å². The Kier molecular flexibility index (Phi) is 5.30. The second kappa shape index (κ2) is 7.61. The summed E-state index contributed by atoms with van der Waals surface area (Å²) in [6.45, 7) is 4.36. The summed E-state index contributed by atoms with van der Waals surface area (Å²) in [6, 6.07) is 10.6. The molecule has 0 radical (unpaired) electrons. The van der Waals surface area contributed by atoms with Crippen molar-refractivity contribution >= 4 is 11.4 Å². The fourth-order valence-corrected chi connectivity index (χ4v) is 3.78. The van der Waals surface area contributed by atoms with Gasteiger partial charge in [0, 0.05) is 18.8 Å². The average molecular weight is 318 g/mol. The van der Waals surface area contributed by atoms with Crippen molar-refractivity contribution in [2.24, 2.45) is 5.92 Å². The predicted molar refractivity (Wildman–Crippen MR) is 102 cm³/mol. The zero-order valence-electron chi connectivity index (χ0n) is 14.7. The topological polar surface area (TPSA) is 17.1 Å². The SMILES string of the molecule is CCC1C(CCC(=O)CC2=CC=C(C)C2)=CC=C1c1ccccc1. The Morgan fingerprint density at radius 2 is 1.88 bits per heavy atom. The molecule has 1 aromatic rings. The maximum atomic E-state index is 12.3. The number of carbonyl (C=O) groups is 1. The van der Waals surface area contributed by atoms with Gasteiger partial charge in [0.05, 0.1) is 0 Å². The van der Waals surface area contributed by atoms with Gasteiger partial charge in [0.2, 0.25) is 0 Å². The van der Waals surface area contributed by atoms with Crippen LogP contribution in [0.2, 0.25) is 0 Å². The molecule has 0 saturated heterocycles. The molecule has 1 unspecified atom stereocenters. The number of hydrogen-bond acceptors (Lipinski definition) is 1. The lowest BCUT2D eigenvalue weighted by molar-refractivity contribution is -0.118. The van der Waals surface area contributed by atoms with Crippen LogP contribution in [-0.4, -0.2) is 5.78 Å². The van der Waals surface area contributed by atoms with Gasteiger partial charge in [-0.25, -0.2) is 0 Å². The van der Waals surface area contributed by atoms with Crippen molar-refractivity contribution in [2.45, 2.75) is 46.0 Å². The molecule has 1 aromatic carbocycles. The summed E-state index contributed by atoms with van der Waals surface area (Å²) >= 11 is 0. The number of carbonyl (C=O) groups excluding carboxylic acids is 1. The minimum Gasteiger partial charge on any atom is -0.299 e. The molecule has 1 nitrogen and oxygen atoms in total. The quantitative estimate of drug-likeness (QED) is 0.598. The molecule has 0 N–H and O–H groups in total. The molecule has 0 heterocycles. The van der Waals surface area contributed by atoms with E-state index in [4.69, 9.17) is 0 Å². The van der Waals surface area contributed by atoms with Crippen molar-refractivity contribution in [3.8, 4) is 0 Å². The minimum absolute atomic E-state index is 0.369. The van der Waals surface area contributed by atoms with Gasteiger partial charge in [-0.2, -0.15) is 0 Å². The first-order valence-corrected chi connectivity index (χ1v) is 9.00. The van der Waals surface area contributed by atoms with Crippen molar-refractivity contribution in [1.29, 1.82) is 0 Å². The third kappa shape index (κ3) is 3.84. The molecule has 3 rings (SSSR count). The molecule has 0 aliphatic heterocycles. The zero-order valence-corrected chi connectivity index (χ0v) is 14.7. The van der Waals surface area contributed by atoms with E-state index >= 15 is 0 Å². The molecule has 2 aliphatic rings. The van der Waals surface area contributed by atoms with Crippen molar-refractivity contribution < 1.29 is 4.79 Å². The molecule has 0 aromatic heterocycles. The van der Waals surface area contributed by atoms with Crippen LogP contribution in [0.1, 0.15) is 51.5 Å². The van der Waals surface area contributed by atoms with E-state index in [-0.39, 0.29) is 0 Å². The first kappa shape index (κ1) is 16.7. The second-order valence-electron chi connectivity index (χ2n) is 6.92. The number of benzene rings is 1. The van der Waals surface area contributed by atoms with E-state index in [0.29, 0.717) is 24.5 Å². The van der Waals surface area contributed by atoms with Crippen LogP contribution in [0.5, 0.6) is 0 Å². The lowest BCUT2D eigenvalue weighted by atomic mass is 9.86. The lowest BCUT2D eigenvalue weighted by Crippen LogP contribution is -2.06. The average Bonchev–Trinajstić information content (AvgIpc) is 3.19. The Morgan fingerprint density at radius 1 is 1.08 bits per heavy atom. The van der Waals surface area contributed by atoms with Crippen LogP contribution < -0.4 is 0 Å². The van der Waals surface area contributed by atoms with Crippen LogP contribution in [-0.2, 0) is 4.79 Å². The molecule has 24 heavy (non-hydrogen) atoms. The Hall–Kier alpha value is -2.15. The van der Waals surface area contributed by atoms with Crippen LogP contribution in [0.3, 0.4) is 0 Å². The summed E-state index contributed by atoms with van der Waals surface area (Å²) in [7, 11) is 0. The Morgan fingerprint density at radius 3 is 2.54 bits per heavy atom. The first-order valence-electron chi connectivity index (χ1n) is 9.00. The molecule has 1 atom stereocenters. The molecule has 0 saturated carbocycles. The summed E-state index contributed by atoms with van der Waals surface area (Å²) in [5.74, 6) is 0.836. The van der Waals surface area contributed by atoms with Gasteiger partial charge in [0.25, 0.3) is 0 Å². The van der Waals surface area contributed by atoms with Crippen LogP contribution >= 0.6 is 0 Å². The number of Topliss-reactive ketones (excluding diaryl/α,β-unsaturated/α-hetero) is 1. The summed E-state index contributed by atoms with van der Waals surface area (Å²) in [5.41, 5.74) is 6.75. The Balaban J connectivity index is 1.54. The molecule has 1 heteroatoms. The molecule has 0 bridgehead atoms. The van der Waals surface area contributed by atoms with Gasteiger partial charge >= 0.3 is 0 Å². The van der Waals surface area contributed by atoms with Gasteiger partial charge in [-0.1, -0.05) is 78.3 Å². The van der Waals surface area contributed by atoms with Crippen LogP contribution in [0.25, 0.3) is 5.57 Å². The van der Waals surface area contributed by atoms with E-state index in [1.54, 1.807) is 0 Å².